The van der Waals surface area contributed by atoms with E-state index in [1.54, 1.807) is 0 Å². The van der Waals surface area contributed by atoms with Crippen molar-refractivity contribution in [3.05, 3.63) is 29.8 Å². The largest absolute Gasteiger partial charge is 0.376 e. The fraction of sp³-hybridized carbons (Fsp3) is 0.533. The van der Waals surface area contributed by atoms with Gasteiger partial charge in [-0.05, 0) is 37.5 Å². The molecule has 0 saturated carbocycles. The van der Waals surface area contributed by atoms with E-state index in [1.165, 1.54) is 18.4 Å². The fourth-order valence-corrected chi connectivity index (χ4v) is 2.36. The van der Waals surface area contributed by atoms with Crippen molar-refractivity contribution in [2.24, 2.45) is 0 Å². The molecule has 3 heteroatoms. The van der Waals surface area contributed by atoms with E-state index < -0.39 is 0 Å². The van der Waals surface area contributed by atoms with Gasteiger partial charge in [-0.25, -0.2) is 0 Å². The van der Waals surface area contributed by atoms with E-state index in [-0.39, 0.29) is 5.91 Å². The van der Waals surface area contributed by atoms with Crippen molar-refractivity contribution in [2.45, 2.75) is 32.6 Å². The summed E-state index contributed by atoms with van der Waals surface area (Å²) in [5.74, 6) is 0.221. The third-order valence-electron chi connectivity index (χ3n) is 3.42. The van der Waals surface area contributed by atoms with Crippen LogP contribution in [0, 0.1) is 6.92 Å². The summed E-state index contributed by atoms with van der Waals surface area (Å²) in [4.78, 5) is 14.1. The predicted octanol–water partition coefficient (Wildman–Crippen LogP) is 2.81. The maximum Gasteiger partial charge on any atom is 0.241 e. The molecule has 1 amide bonds. The Kier molecular flexibility index (Phi) is 4.62. The van der Waals surface area contributed by atoms with Gasteiger partial charge >= 0.3 is 0 Å². The minimum atomic E-state index is 0.221. The van der Waals surface area contributed by atoms with Gasteiger partial charge in [0.2, 0.25) is 5.91 Å². The average molecular weight is 246 g/mol. The van der Waals surface area contributed by atoms with Gasteiger partial charge in [0.25, 0.3) is 0 Å². The summed E-state index contributed by atoms with van der Waals surface area (Å²) in [5, 5.41) is 3.21. The third-order valence-corrected chi connectivity index (χ3v) is 3.42. The molecule has 3 nitrogen and oxygen atoms in total. The lowest BCUT2D eigenvalue weighted by atomic mass is 10.2. The Morgan fingerprint density at radius 2 is 1.94 bits per heavy atom. The molecule has 0 spiro atoms. The molecule has 0 aliphatic carbocycles. The van der Waals surface area contributed by atoms with E-state index in [0.717, 1.165) is 31.6 Å². The van der Waals surface area contributed by atoms with Crippen molar-refractivity contribution in [3.63, 3.8) is 0 Å². The van der Waals surface area contributed by atoms with Crippen molar-refractivity contribution >= 4 is 11.6 Å². The summed E-state index contributed by atoms with van der Waals surface area (Å²) in [5.41, 5.74) is 2.24. The van der Waals surface area contributed by atoms with E-state index in [1.807, 2.05) is 17.0 Å². The Morgan fingerprint density at radius 1 is 1.22 bits per heavy atom. The van der Waals surface area contributed by atoms with Gasteiger partial charge in [-0.1, -0.05) is 25.0 Å². The van der Waals surface area contributed by atoms with Gasteiger partial charge in [-0.2, -0.15) is 0 Å². The van der Waals surface area contributed by atoms with Crippen molar-refractivity contribution in [1.82, 2.24) is 4.90 Å². The molecule has 1 saturated heterocycles. The van der Waals surface area contributed by atoms with Crippen LogP contribution in [0.15, 0.2) is 24.3 Å². The lowest BCUT2D eigenvalue weighted by molar-refractivity contribution is -0.129. The third kappa shape index (κ3) is 3.76. The Hall–Kier alpha value is -1.51. The highest BCUT2D eigenvalue weighted by Crippen LogP contribution is 2.11. The molecule has 1 aromatic carbocycles. The summed E-state index contributed by atoms with van der Waals surface area (Å²) in [7, 11) is 0. The van der Waals surface area contributed by atoms with Crippen LogP contribution < -0.4 is 5.32 Å². The maximum absolute atomic E-state index is 12.1. The zero-order valence-electron chi connectivity index (χ0n) is 11.1. The number of benzene rings is 1. The van der Waals surface area contributed by atoms with E-state index >= 15 is 0 Å². The molecule has 1 aromatic rings. The molecule has 1 N–H and O–H groups in total. The van der Waals surface area contributed by atoms with Gasteiger partial charge in [-0.3, -0.25) is 4.79 Å². The molecular formula is C15H22N2O. The van der Waals surface area contributed by atoms with Gasteiger partial charge in [-0.15, -0.1) is 0 Å². The first-order chi connectivity index (χ1) is 8.75. The summed E-state index contributed by atoms with van der Waals surface area (Å²) in [6, 6.07) is 8.13. The van der Waals surface area contributed by atoms with Crippen LogP contribution in [-0.2, 0) is 4.79 Å². The van der Waals surface area contributed by atoms with Gasteiger partial charge in [0.15, 0.2) is 0 Å². The standard InChI is InChI=1S/C15H22N2O/c1-13-7-6-8-14(11-13)16-12-15(18)17-9-4-2-3-5-10-17/h6-8,11,16H,2-5,9-10,12H2,1H3. The summed E-state index contributed by atoms with van der Waals surface area (Å²) in [6.07, 6.45) is 4.82. The molecule has 0 radical (unpaired) electrons. The van der Waals surface area contributed by atoms with E-state index in [9.17, 15) is 4.79 Å². The second kappa shape index (κ2) is 6.43. The first-order valence-corrected chi connectivity index (χ1v) is 6.84. The normalized spacial score (nSPS) is 16.2. The summed E-state index contributed by atoms with van der Waals surface area (Å²) >= 11 is 0. The molecule has 1 fully saturated rings. The quantitative estimate of drug-likeness (QED) is 0.889. The highest BCUT2D eigenvalue weighted by molar-refractivity contribution is 5.80. The van der Waals surface area contributed by atoms with E-state index in [4.69, 9.17) is 0 Å². The van der Waals surface area contributed by atoms with Crippen molar-refractivity contribution in [2.75, 3.05) is 25.0 Å². The number of aryl methyl sites for hydroxylation is 1. The molecule has 1 aliphatic rings. The number of hydrogen-bond donors (Lipinski definition) is 1. The number of amides is 1. The lowest BCUT2D eigenvalue weighted by Gasteiger charge is -2.20. The first-order valence-electron chi connectivity index (χ1n) is 6.84. The molecular weight excluding hydrogens is 224 g/mol. The summed E-state index contributed by atoms with van der Waals surface area (Å²) < 4.78 is 0. The Labute approximate surface area is 109 Å². The number of hydrogen-bond acceptors (Lipinski definition) is 2. The highest BCUT2D eigenvalue weighted by atomic mass is 16.2. The van der Waals surface area contributed by atoms with Crippen LogP contribution in [0.25, 0.3) is 0 Å². The maximum atomic E-state index is 12.1. The van der Waals surface area contributed by atoms with Gasteiger partial charge in [0, 0.05) is 18.8 Å². The second-order valence-corrected chi connectivity index (χ2v) is 5.02. The topological polar surface area (TPSA) is 32.3 Å². The van der Waals surface area contributed by atoms with Crippen molar-refractivity contribution in [3.8, 4) is 0 Å². The zero-order valence-corrected chi connectivity index (χ0v) is 11.1. The molecule has 1 heterocycles. The van der Waals surface area contributed by atoms with Crippen LogP contribution >= 0.6 is 0 Å². The van der Waals surface area contributed by atoms with Crippen molar-refractivity contribution in [1.29, 1.82) is 0 Å². The monoisotopic (exact) mass is 246 g/mol. The molecule has 0 unspecified atom stereocenters. The van der Waals surface area contributed by atoms with E-state index in [2.05, 4.69) is 24.4 Å². The smallest absolute Gasteiger partial charge is 0.241 e. The number of rotatable bonds is 3. The number of carbonyl (C=O) groups excluding carboxylic acids is 1. The van der Waals surface area contributed by atoms with Crippen LogP contribution in [0.2, 0.25) is 0 Å². The summed E-state index contributed by atoms with van der Waals surface area (Å²) in [6.45, 7) is 4.31. The minimum Gasteiger partial charge on any atom is -0.376 e. The molecule has 0 atom stereocenters. The predicted molar refractivity (Wildman–Crippen MR) is 74.7 cm³/mol. The van der Waals surface area contributed by atoms with Crippen LogP contribution in [0.1, 0.15) is 31.2 Å². The zero-order chi connectivity index (χ0) is 12.8. The number of carbonyl (C=O) groups is 1. The molecule has 0 aromatic heterocycles. The molecule has 0 bridgehead atoms. The van der Waals surface area contributed by atoms with Gasteiger partial charge in [0.1, 0.15) is 0 Å². The van der Waals surface area contributed by atoms with Crippen LogP contribution in [-0.4, -0.2) is 30.4 Å². The van der Waals surface area contributed by atoms with Gasteiger partial charge in [0.05, 0.1) is 6.54 Å². The molecule has 1 aliphatic heterocycles. The Morgan fingerprint density at radius 3 is 2.61 bits per heavy atom. The second-order valence-electron chi connectivity index (χ2n) is 5.02. The lowest BCUT2D eigenvalue weighted by Crippen LogP contribution is -2.36. The van der Waals surface area contributed by atoms with Crippen LogP contribution in [0.4, 0.5) is 5.69 Å². The van der Waals surface area contributed by atoms with Crippen molar-refractivity contribution < 1.29 is 4.79 Å². The fourth-order valence-electron chi connectivity index (χ4n) is 2.36. The Balaban J connectivity index is 1.83. The minimum absolute atomic E-state index is 0.221. The Bertz CT molecular complexity index is 395. The molecule has 98 valence electrons. The van der Waals surface area contributed by atoms with Crippen LogP contribution in [0.3, 0.4) is 0 Å². The number of likely N-dealkylation sites (tertiary alicyclic amines) is 1. The van der Waals surface area contributed by atoms with Gasteiger partial charge < -0.3 is 10.2 Å². The molecule has 18 heavy (non-hydrogen) atoms. The average Bonchev–Trinajstić information content (AvgIpc) is 2.65. The highest BCUT2D eigenvalue weighted by Gasteiger charge is 2.14. The first kappa shape index (κ1) is 12.9. The molecule has 2 rings (SSSR count). The number of nitrogens with zero attached hydrogens (tertiary/aromatic N) is 1. The number of nitrogens with one attached hydrogen (secondary N) is 1. The number of anilines is 1. The van der Waals surface area contributed by atoms with E-state index in [0.29, 0.717) is 6.54 Å². The van der Waals surface area contributed by atoms with Crippen LogP contribution in [0.5, 0.6) is 0 Å². The SMILES string of the molecule is Cc1cccc(NCC(=O)N2CCCCCC2)c1.